The molecule has 0 aromatic carbocycles. The van der Waals surface area contributed by atoms with Crippen LogP contribution in [0.5, 0.6) is 0 Å². The van der Waals surface area contributed by atoms with Crippen LogP contribution in [0.3, 0.4) is 0 Å². The van der Waals surface area contributed by atoms with Crippen LogP contribution in [-0.2, 0) is 11.2 Å². The van der Waals surface area contributed by atoms with Gasteiger partial charge in [-0.3, -0.25) is 9.79 Å². The Labute approximate surface area is 160 Å². The van der Waals surface area contributed by atoms with E-state index >= 15 is 0 Å². The Hall–Kier alpha value is -0.900. The second-order valence-corrected chi connectivity index (χ2v) is 6.31. The van der Waals surface area contributed by atoms with Crippen molar-refractivity contribution >= 4 is 47.2 Å². The minimum atomic E-state index is 0. The van der Waals surface area contributed by atoms with Gasteiger partial charge in [-0.15, -0.1) is 35.3 Å². The van der Waals surface area contributed by atoms with Crippen LogP contribution >= 0.6 is 35.3 Å². The Kier molecular flexibility index (Phi) is 12.0. The summed E-state index contributed by atoms with van der Waals surface area (Å²) in [5.74, 6) is 0.784. The SMILES string of the molecule is CCCNC(=O)CCNC(=NC)NCCc1nc(C)c(C)s1.I. The molecule has 0 saturated carbocycles. The van der Waals surface area contributed by atoms with E-state index in [4.69, 9.17) is 0 Å². The monoisotopic (exact) mass is 453 g/mol. The number of guanidine groups is 1. The van der Waals surface area contributed by atoms with Gasteiger partial charge in [0.1, 0.15) is 0 Å². The molecular formula is C15H28IN5OS. The summed E-state index contributed by atoms with van der Waals surface area (Å²) in [6.45, 7) is 8.24. The number of hydrogen-bond acceptors (Lipinski definition) is 4. The van der Waals surface area contributed by atoms with E-state index in [0.717, 1.165) is 36.6 Å². The van der Waals surface area contributed by atoms with Crippen molar-refractivity contribution in [2.45, 2.75) is 40.0 Å². The van der Waals surface area contributed by atoms with Crippen molar-refractivity contribution in [3.05, 3.63) is 15.6 Å². The first-order chi connectivity index (χ1) is 10.6. The first kappa shape index (κ1) is 22.1. The van der Waals surface area contributed by atoms with E-state index in [1.54, 1.807) is 18.4 Å². The highest BCUT2D eigenvalue weighted by molar-refractivity contribution is 14.0. The van der Waals surface area contributed by atoms with E-state index in [1.165, 1.54) is 4.88 Å². The van der Waals surface area contributed by atoms with Crippen molar-refractivity contribution in [3.8, 4) is 0 Å². The average molecular weight is 453 g/mol. The van der Waals surface area contributed by atoms with Crippen molar-refractivity contribution in [1.82, 2.24) is 20.9 Å². The maximum absolute atomic E-state index is 11.5. The quantitative estimate of drug-likeness (QED) is 0.320. The van der Waals surface area contributed by atoms with Gasteiger partial charge in [-0.25, -0.2) is 4.98 Å². The summed E-state index contributed by atoms with van der Waals surface area (Å²) in [6, 6.07) is 0. The number of carbonyl (C=O) groups excluding carboxylic acids is 1. The minimum absolute atomic E-state index is 0. The number of nitrogens with one attached hydrogen (secondary N) is 3. The first-order valence-electron chi connectivity index (χ1n) is 7.71. The van der Waals surface area contributed by atoms with Gasteiger partial charge in [0.2, 0.25) is 5.91 Å². The minimum Gasteiger partial charge on any atom is -0.356 e. The molecule has 0 aliphatic carbocycles. The second-order valence-electron chi connectivity index (χ2n) is 5.02. The normalized spacial score (nSPS) is 10.9. The van der Waals surface area contributed by atoms with Gasteiger partial charge in [0.15, 0.2) is 5.96 Å². The van der Waals surface area contributed by atoms with Crippen LogP contribution in [0.1, 0.15) is 35.3 Å². The molecule has 23 heavy (non-hydrogen) atoms. The zero-order valence-electron chi connectivity index (χ0n) is 14.4. The van der Waals surface area contributed by atoms with Crippen molar-refractivity contribution in [2.75, 3.05) is 26.7 Å². The number of carbonyl (C=O) groups is 1. The molecule has 0 aliphatic heterocycles. The number of hydrogen-bond donors (Lipinski definition) is 3. The molecule has 6 nitrogen and oxygen atoms in total. The molecule has 1 amide bonds. The Morgan fingerprint density at radius 1 is 1.17 bits per heavy atom. The highest BCUT2D eigenvalue weighted by Gasteiger charge is 2.05. The molecule has 0 fully saturated rings. The van der Waals surface area contributed by atoms with Crippen LogP contribution in [0.2, 0.25) is 0 Å². The number of aromatic nitrogens is 1. The molecule has 8 heteroatoms. The van der Waals surface area contributed by atoms with Crippen molar-refractivity contribution < 1.29 is 4.79 Å². The summed E-state index contributed by atoms with van der Waals surface area (Å²) in [7, 11) is 1.73. The largest absolute Gasteiger partial charge is 0.356 e. The van der Waals surface area contributed by atoms with E-state index in [2.05, 4.69) is 32.9 Å². The van der Waals surface area contributed by atoms with Gasteiger partial charge >= 0.3 is 0 Å². The number of amides is 1. The molecule has 0 radical (unpaired) electrons. The lowest BCUT2D eigenvalue weighted by atomic mass is 10.3. The lowest BCUT2D eigenvalue weighted by Gasteiger charge is -2.11. The molecular weight excluding hydrogens is 425 g/mol. The van der Waals surface area contributed by atoms with Crippen LogP contribution in [-0.4, -0.2) is 43.5 Å². The summed E-state index contributed by atoms with van der Waals surface area (Å²) < 4.78 is 0. The first-order valence-corrected chi connectivity index (χ1v) is 8.52. The van der Waals surface area contributed by atoms with Crippen molar-refractivity contribution in [1.29, 1.82) is 0 Å². The zero-order valence-corrected chi connectivity index (χ0v) is 17.5. The number of nitrogens with zero attached hydrogens (tertiary/aromatic N) is 2. The van der Waals surface area contributed by atoms with Gasteiger partial charge in [-0.1, -0.05) is 6.92 Å². The third-order valence-corrected chi connectivity index (χ3v) is 4.28. The van der Waals surface area contributed by atoms with Crippen LogP contribution < -0.4 is 16.0 Å². The van der Waals surface area contributed by atoms with Crippen molar-refractivity contribution in [2.24, 2.45) is 4.99 Å². The molecule has 0 bridgehead atoms. The molecule has 0 aliphatic rings. The van der Waals surface area contributed by atoms with Crippen molar-refractivity contribution in [3.63, 3.8) is 0 Å². The molecule has 1 aromatic rings. The predicted octanol–water partition coefficient (Wildman–Crippen LogP) is 2.00. The predicted molar refractivity (Wildman–Crippen MR) is 108 cm³/mol. The van der Waals surface area contributed by atoms with Crippen LogP contribution in [0.15, 0.2) is 4.99 Å². The lowest BCUT2D eigenvalue weighted by Crippen LogP contribution is -2.40. The second kappa shape index (κ2) is 12.5. The highest BCUT2D eigenvalue weighted by Crippen LogP contribution is 2.16. The summed E-state index contributed by atoms with van der Waals surface area (Å²) in [5, 5.41) is 10.4. The van der Waals surface area contributed by atoms with Gasteiger partial charge in [0, 0.05) is 44.4 Å². The Morgan fingerprint density at radius 2 is 1.87 bits per heavy atom. The van der Waals surface area contributed by atoms with Gasteiger partial charge < -0.3 is 16.0 Å². The molecule has 1 heterocycles. The topological polar surface area (TPSA) is 78.4 Å². The van der Waals surface area contributed by atoms with Gasteiger partial charge in [-0.2, -0.15) is 0 Å². The Bertz CT molecular complexity index is 485. The van der Waals surface area contributed by atoms with E-state index in [9.17, 15) is 4.79 Å². The fourth-order valence-corrected chi connectivity index (χ4v) is 2.74. The van der Waals surface area contributed by atoms with E-state index in [1.807, 2.05) is 13.8 Å². The number of aliphatic imine (C=N–C) groups is 1. The maximum atomic E-state index is 11.5. The summed E-state index contributed by atoms with van der Waals surface area (Å²) in [6.07, 6.45) is 2.28. The molecule has 0 unspecified atom stereocenters. The zero-order chi connectivity index (χ0) is 16.4. The summed E-state index contributed by atoms with van der Waals surface area (Å²) >= 11 is 1.74. The number of thiazole rings is 1. The molecule has 1 rings (SSSR count). The molecule has 0 saturated heterocycles. The highest BCUT2D eigenvalue weighted by atomic mass is 127. The molecule has 0 atom stereocenters. The summed E-state index contributed by atoms with van der Waals surface area (Å²) in [4.78, 5) is 21.4. The van der Waals surface area contributed by atoms with Crippen LogP contribution in [0.25, 0.3) is 0 Å². The molecule has 132 valence electrons. The number of aryl methyl sites for hydroxylation is 2. The molecule has 3 N–H and O–H groups in total. The van der Waals surface area contributed by atoms with Crippen LogP contribution in [0, 0.1) is 13.8 Å². The Morgan fingerprint density at radius 3 is 2.43 bits per heavy atom. The number of rotatable bonds is 8. The third kappa shape index (κ3) is 9.09. The summed E-state index contributed by atoms with van der Waals surface area (Å²) in [5.41, 5.74) is 1.11. The smallest absolute Gasteiger partial charge is 0.221 e. The molecule has 1 aromatic heterocycles. The standard InChI is InChI=1S/C15H27N5OS.HI/c1-5-8-17-13(21)6-9-18-15(16-4)19-10-7-14-20-11(2)12(3)22-14;/h5-10H2,1-4H3,(H,17,21)(H2,16,18,19);1H. The average Bonchev–Trinajstić information content (AvgIpc) is 2.82. The van der Waals surface area contributed by atoms with Gasteiger partial charge in [-0.05, 0) is 20.3 Å². The third-order valence-electron chi connectivity index (χ3n) is 3.14. The number of halogens is 1. The molecule has 0 spiro atoms. The van der Waals surface area contributed by atoms with Gasteiger partial charge in [0.05, 0.1) is 10.7 Å². The Balaban J connectivity index is 0.00000484. The van der Waals surface area contributed by atoms with E-state index in [-0.39, 0.29) is 29.9 Å². The fraction of sp³-hybridized carbons (Fsp3) is 0.667. The van der Waals surface area contributed by atoms with E-state index in [0.29, 0.717) is 18.9 Å². The van der Waals surface area contributed by atoms with Gasteiger partial charge in [0.25, 0.3) is 0 Å². The maximum Gasteiger partial charge on any atom is 0.221 e. The lowest BCUT2D eigenvalue weighted by molar-refractivity contribution is -0.120. The van der Waals surface area contributed by atoms with E-state index < -0.39 is 0 Å². The fourth-order valence-electron chi connectivity index (χ4n) is 1.80. The van der Waals surface area contributed by atoms with Crippen LogP contribution in [0.4, 0.5) is 0 Å².